The van der Waals surface area contributed by atoms with Gasteiger partial charge in [-0.15, -0.1) is 0 Å². The Kier molecular flexibility index (Phi) is 3.84. The van der Waals surface area contributed by atoms with Gasteiger partial charge < -0.3 is 4.74 Å². The predicted molar refractivity (Wildman–Crippen MR) is 73.9 cm³/mol. The van der Waals surface area contributed by atoms with Gasteiger partial charge in [-0.1, -0.05) is 17.7 Å². The van der Waals surface area contributed by atoms with Crippen LogP contribution < -0.4 is 0 Å². The maximum absolute atomic E-state index is 12.5. The average Bonchev–Trinajstić information content (AvgIpc) is 2.45. The number of ketones is 2. The summed E-state index contributed by atoms with van der Waals surface area (Å²) in [6, 6.07) is 6.24. The second-order valence-electron chi connectivity index (χ2n) is 4.84. The van der Waals surface area contributed by atoms with Crippen LogP contribution >= 0.6 is 11.6 Å². The lowest BCUT2D eigenvalue weighted by Gasteiger charge is -2.31. The summed E-state index contributed by atoms with van der Waals surface area (Å²) >= 11 is 5.87. The third kappa shape index (κ3) is 2.22. The molecule has 5 nitrogen and oxygen atoms in total. The molecule has 0 aliphatic heterocycles. The van der Waals surface area contributed by atoms with Crippen molar-refractivity contribution in [3.8, 4) is 6.07 Å². The van der Waals surface area contributed by atoms with Gasteiger partial charge in [0.25, 0.3) is 0 Å². The summed E-state index contributed by atoms with van der Waals surface area (Å²) in [5.41, 5.74) is -1.19. The molecule has 0 aromatic heterocycles. The van der Waals surface area contributed by atoms with Gasteiger partial charge in [0, 0.05) is 10.6 Å². The third-order valence-electron chi connectivity index (χ3n) is 3.55. The van der Waals surface area contributed by atoms with Gasteiger partial charge in [-0.05, 0) is 31.5 Å². The van der Waals surface area contributed by atoms with Crippen LogP contribution in [0.3, 0.4) is 0 Å². The van der Waals surface area contributed by atoms with E-state index in [0.29, 0.717) is 5.02 Å². The minimum absolute atomic E-state index is 0.0432. The molecular formula is C15H12ClNO4. The van der Waals surface area contributed by atoms with E-state index in [1.807, 2.05) is 6.07 Å². The van der Waals surface area contributed by atoms with Crippen molar-refractivity contribution in [3.05, 3.63) is 34.3 Å². The molecular weight excluding hydrogens is 294 g/mol. The number of hydrogen-bond donors (Lipinski definition) is 0. The Hall–Kier alpha value is -2.19. The van der Waals surface area contributed by atoms with Crippen molar-refractivity contribution in [2.75, 3.05) is 6.61 Å². The Balaban J connectivity index is 2.67. The second-order valence-corrected chi connectivity index (χ2v) is 5.28. The van der Waals surface area contributed by atoms with E-state index in [4.69, 9.17) is 16.3 Å². The first-order valence-electron chi connectivity index (χ1n) is 6.33. The van der Waals surface area contributed by atoms with Crippen LogP contribution in [0.1, 0.15) is 29.8 Å². The molecule has 21 heavy (non-hydrogen) atoms. The van der Waals surface area contributed by atoms with Crippen LogP contribution in [0.15, 0.2) is 18.2 Å². The van der Waals surface area contributed by atoms with Crippen LogP contribution in [0.4, 0.5) is 0 Å². The van der Waals surface area contributed by atoms with Crippen molar-refractivity contribution >= 4 is 29.1 Å². The summed E-state index contributed by atoms with van der Waals surface area (Å²) in [5.74, 6) is -3.98. The number of rotatable bonds is 2. The number of esters is 1. The van der Waals surface area contributed by atoms with E-state index in [1.165, 1.54) is 25.1 Å². The molecule has 1 aliphatic rings. The quantitative estimate of drug-likeness (QED) is 0.617. The molecule has 1 aromatic carbocycles. The third-order valence-corrected chi connectivity index (χ3v) is 3.78. The number of nitrogens with zero attached hydrogens (tertiary/aromatic N) is 1. The lowest BCUT2D eigenvalue weighted by atomic mass is 9.66. The highest BCUT2D eigenvalue weighted by Gasteiger charge is 2.53. The van der Waals surface area contributed by atoms with Crippen molar-refractivity contribution in [2.45, 2.75) is 19.3 Å². The van der Waals surface area contributed by atoms with Crippen molar-refractivity contribution in [2.24, 2.45) is 5.92 Å². The number of fused-ring (bicyclic) bond motifs is 1. The Labute approximate surface area is 126 Å². The number of carbonyl (C=O) groups is 3. The molecule has 1 aromatic rings. The van der Waals surface area contributed by atoms with E-state index in [9.17, 15) is 19.6 Å². The number of hydrogen-bond acceptors (Lipinski definition) is 5. The highest BCUT2D eigenvalue weighted by atomic mass is 35.5. The van der Waals surface area contributed by atoms with Gasteiger partial charge in [-0.25, -0.2) is 0 Å². The van der Waals surface area contributed by atoms with Crippen molar-refractivity contribution < 1.29 is 19.1 Å². The van der Waals surface area contributed by atoms with Crippen LogP contribution in [0.5, 0.6) is 0 Å². The van der Waals surface area contributed by atoms with Crippen LogP contribution in [0, 0.1) is 17.2 Å². The van der Waals surface area contributed by atoms with Gasteiger partial charge >= 0.3 is 5.97 Å². The largest absolute Gasteiger partial charge is 0.465 e. The molecule has 0 spiro atoms. The summed E-state index contributed by atoms with van der Waals surface area (Å²) in [7, 11) is 0. The lowest BCUT2D eigenvalue weighted by molar-refractivity contribution is -0.150. The summed E-state index contributed by atoms with van der Waals surface area (Å²) in [4.78, 5) is 36.8. The number of Topliss-reactive ketones (excluding diaryl/α,β-unsaturated/α-hetero) is 2. The van der Waals surface area contributed by atoms with Gasteiger partial charge in [-0.3, -0.25) is 14.4 Å². The molecule has 6 heteroatoms. The molecule has 1 aliphatic carbocycles. The minimum Gasteiger partial charge on any atom is -0.465 e. The van der Waals surface area contributed by atoms with Crippen LogP contribution in [0.2, 0.25) is 5.02 Å². The summed E-state index contributed by atoms with van der Waals surface area (Å²) in [6.07, 6.45) is 0. The summed E-state index contributed by atoms with van der Waals surface area (Å²) in [6.45, 7) is 3.01. The first kappa shape index (κ1) is 15.2. The number of benzene rings is 1. The molecule has 2 atom stereocenters. The maximum atomic E-state index is 12.5. The minimum atomic E-state index is -1.61. The van der Waals surface area contributed by atoms with Crippen molar-refractivity contribution in [1.29, 1.82) is 5.26 Å². The highest BCUT2D eigenvalue weighted by molar-refractivity contribution is 6.33. The monoisotopic (exact) mass is 305 g/mol. The average molecular weight is 306 g/mol. The van der Waals surface area contributed by atoms with E-state index in [1.54, 1.807) is 6.92 Å². The molecule has 108 valence electrons. The van der Waals surface area contributed by atoms with E-state index >= 15 is 0 Å². The zero-order valence-electron chi connectivity index (χ0n) is 11.5. The normalized spacial score (nSPS) is 24.2. The number of nitriles is 1. The lowest BCUT2D eigenvalue weighted by Crippen LogP contribution is -2.49. The van der Waals surface area contributed by atoms with Crippen molar-refractivity contribution in [3.63, 3.8) is 0 Å². The van der Waals surface area contributed by atoms with Gasteiger partial charge in [0.15, 0.2) is 17.5 Å². The van der Waals surface area contributed by atoms with E-state index in [-0.39, 0.29) is 17.7 Å². The van der Waals surface area contributed by atoms with Crippen molar-refractivity contribution in [1.82, 2.24) is 0 Å². The number of ether oxygens (including phenoxy) is 1. The van der Waals surface area contributed by atoms with E-state index < -0.39 is 28.9 Å². The van der Waals surface area contributed by atoms with Gasteiger partial charge in [-0.2, -0.15) is 5.26 Å². The second kappa shape index (κ2) is 5.30. The Bertz CT molecular complexity index is 691. The molecule has 2 unspecified atom stereocenters. The Morgan fingerprint density at radius 2 is 2.14 bits per heavy atom. The molecule has 2 rings (SSSR count). The highest BCUT2D eigenvalue weighted by Crippen LogP contribution is 2.38. The van der Waals surface area contributed by atoms with Gasteiger partial charge in [0.05, 0.1) is 12.7 Å². The van der Waals surface area contributed by atoms with E-state index in [0.717, 1.165) is 0 Å². The standard InChI is InChI=1S/C15H12ClNO4/c1-3-21-14(20)11-12(18)9-6-8(16)4-5-10(9)15(2,7-17)13(11)19/h4-6,11H,3H2,1-2H3. The molecule has 0 amide bonds. The van der Waals surface area contributed by atoms with Gasteiger partial charge in [0.2, 0.25) is 0 Å². The van der Waals surface area contributed by atoms with Gasteiger partial charge in [0.1, 0.15) is 5.41 Å². The molecule has 0 fully saturated rings. The maximum Gasteiger partial charge on any atom is 0.324 e. The summed E-state index contributed by atoms with van der Waals surface area (Å²) < 4.78 is 4.78. The molecule has 0 N–H and O–H groups in total. The van der Waals surface area contributed by atoms with Crippen LogP contribution in [0.25, 0.3) is 0 Å². The first-order chi connectivity index (χ1) is 9.86. The summed E-state index contributed by atoms with van der Waals surface area (Å²) in [5, 5.41) is 9.68. The first-order valence-corrected chi connectivity index (χ1v) is 6.71. The van der Waals surface area contributed by atoms with Crippen LogP contribution in [-0.2, 0) is 19.7 Å². The number of halogens is 1. The fourth-order valence-electron chi connectivity index (χ4n) is 2.41. The fraction of sp³-hybridized carbons (Fsp3) is 0.333. The fourth-order valence-corrected chi connectivity index (χ4v) is 2.58. The van der Waals surface area contributed by atoms with E-state index in [2.05, 4.69) is 0 Å². The number of carbonyl (C=O) groups excluding carboxylic acids is 3. The molecule has 0 radical (unpaired) electrons. The zero-order valence-corrected chi connectivity index (χ0v) is 12.2. The molecule has 0 saturated carbocycles. The Morgan fingerprint density at radius 1 is 1.48 bits per heavy atom. The Morgan fingerprint density at radius 3 is 2.71 bits per heavy atom. The zero-order chi connectivity index (χ0) is 15.8. The molecule has 0 saturated heterocycles. The SMILES string of the molecule is CCOC(=O)C1C(=O)c2cc(Cl)ccc2C(C)(C#N)C1=O. The smallest absolute Gasteiger partial charge is 0.324 e. The molecule has 0 heterocycles. The topological polar surface area (TPSA) is 84.2 Å². The molecule has 0 bridgehead atoms. The predicted octanol–water partition coefficient (Wildman–Crippen LogP) is 2.07. The van der Waals surface area contributed by atoms with Crippen LogP contribution in [-0.4, -0.2) is 24.1 Å².